The highest BCUT2D eigenvalue weighted by Crippen LogP contribution is 2.23. The van der Waals surface area contributed by atoms with Crippen molar-refractivity contribution < 1.29 is 9.90 Å². The Labute approximate surface area is 149 Å². The number of hydrogen-bond acceptors (Lipinski definition) is 3. The average Bonchev–Trinajstić information content (AvgIpc) is 2.62. The molecule has 2 aromatic carbocycles. The van der Waals surface area contributed by atoms with Gasteiger partial charge in [0, 0.05) is 17.3 Å². The van der Waals surface area contributed by atoms with Crippen molar-refractivity contribution in [1.82, 2.24) is 4.90 Å². The van der Waals surface area contributed by atoms with Gasteiger partial charge in [-0.1, -0.05) is 24.6 Å². The molecule has 1 saturated heterocycles. The maximum atomic E-state index is 12.4. The molecule has 0 saturated carbocycles. The van der Waals surface area contributed by atoms with E-state index in [1.54, 1.807) is 12.1 Å². The number of phenols is 1. The zero-order chi connectivity index (χ0) is 17.6. The Balaban J connectivity index is 1.66. The van der Waals surface area contributed by atoms with Crippen molar-refractivity contribution in [2.45, 2.75) is 38.1 Å². The van der Waals surface area contributed by atoms with Gasteiger partial charge in [-0.2, -0.15) is 0 Å². The summed E-state index contributed by atoms with van der Waals surface area (Å²) in [5.74, 6) is 0.00999. The molecular weight excluding hydrogens is 312 g/mol. The first-order valence-electron chi connectivity index (χ1n) is 9.02. The Bertz CT molecular complexity index is 712. The lowest BCUT2D eigenvalue weighted by Gasteiger charge is -2.32. The highest BCUT2D eigenvalue weighted by Gasteiger charge is 2.19. The molecule has 0 aromatic heterocycles. The molecule has 1 fully saturated rings. The predicted molar refractivity (Wildman–Crippen MR) is 101 cm³/mol. The van der Waals surface area contributed by atoms with Crippen molar-refractivity contribution in [3.05, 3.63) is 59.7 Å². The summed E-state index contributed by atoms with van der Waals surface area (Å²) >= 11 is 0. The molecule has 4 nitrogen and oxygen atoms in total. The van der Waals surface area contributed by atoms with E-state index < -0.39 is 0 Å². The summed E-state index contributed by atoms with van der Waals surface area (Å²) in [5, 5.41) is 12.4. The van der Waals surface area contributed by atoms with E-state index >= 15 is 0 Å². The van der Waals surface area contributed by atoms with E-state index in [9.17, 15) is 9.90 Å². The Morgan fingerprint density at radius 1 is 1.16 bits per heavy atom. The van der Waals surface area contributed by atoms with Gasteiger partial charge < -0.3 is 15.3 Å². The zero-order valence-corrected chi connectivity index (χ0v) is 14.7. The van der Waals surface area contributed by atoms with E-state index in [1.165, 1.54) is 43.5 Å². The number of amides is 1. The molecule has 1 atom stereocenters. The number of carbonyl (C=O) groups excluding carboxylic acids is 1. The van der Waals surface area contributed by atoms with Crippen LogP contribution in [0.3, 0.4) is 0 Å². The molecule has 1 amide bonds. The van der Waals surface area contributed by atoms with E-state index in [4.69, 9.17) is 0 Å². The van der Waals surface area contributed by atoms with Crippen LogP contribution in [0.25, 0.3) is 0 Å². The molecule has 2 N–H and O–H groups in total. The Hall–Kier alpha value is -2.33. The number of aromatic hydroxyl groups is 1. The molecule has 1 aliphatic heterocycles. The number of para-hydroxylation sites is 1. The number of aryl methyl sites for hydroxylation is 1. The van der Waals surface area contributed by atoms with E-state index in [0.717, 1.165) is 18.5 Å². The van der Waals surface area contributed by atoms with Gasteiger partial charge in [0.2, 0.25) is 0 Å². The fraction of sp³-hybridized carbons (Fsp3) is 0.381. The Kier molecular flexibility index (Phi) is 5.71. The molecule has 2 aromatic rings. The number of likely N-dealkylation sites (tertiary alicyclic amines) is 1. The number of nitrogens with one attached hydrogen (secondary N) is 1. The molecule has 25 heavy (non-hydrogen) atoms. The standard InChI is InChI=1S/C21H26N2O2/c1-23-15-5-4-7-18(23)12-9-16-6-2-3-8-20(16)22-21(25)17-10-13-19(24)14-11-17/h2-3,6,8,10-11,13-14,18,24H,4-5,7,9,12,15H2,1H3,(H,22,25)/t18-/m0/s1. The van der Waals surface area contributed by atoms with Crippen molar-refractivity contribution in [2.24, 2.45) is 0 Å². The van der Waals surface area contributed by atoms with Crippen LogP contribution in [0.5, 0.6) is 5.75 Å². The summed E-state index contributed by atoms with van der Waals surface area (Å²) in [7, 11) is 2.21. The Morgan fingerprint density at radius 2 is 1.92 bits per heavy atom. The second-order valence-corrected chi connectivity index (χ2v) is 6.83. The molecule has 0 unspecified atom stereocenters. The summed E-state index contributed by atoms with van der Waals surface area (Å²) < 4.78 is 0. The lowest BCUT2D eigenvalue weighted by Crippen LogP contribution is -2.36. The van der Waals surface area contributed by atoms with Crippen LogP contribution >= 0.6 is 0 Å². The van der Waals surface area contributed by atoms with E-state index in [0.29, 0.717) is 11.6 Å². The van der Waals surface area contributed by atoms with E-state index in [1.807, 2.05) is 18.2 Å². The van der Waals surface area contributed by atoms with Gasteiger partial charge in [-0.3, -0.25) is 4.79 Å². The van der Waals surface area contributed by atoms with Crippen LogP contribution in [-0.2, 0) is 6.42 Å². The SMILES string of the molecule is CN1CCCC[C@H]1CCc1ccccc1NC(=O)c1ccc(O)cc1. The summed E-state index contributed by atoms with van der Waals surface area (Å²) in [6, 6.07) is 15.0. The van der Waals surface area contributed by atoms with Gasteiger partial charge in [-0.05, 0) is 75.2 Å². The Morgan fingerprint density at radius 3 is 2.68 bits per heavy atom. The number of hydrogen-bond donors (Lipinski definition) is 2. The molecule has 0 aliphatic carbocycles. The molecule has 0 bridgehead atoms. The lowest BCUT2D eigenvalue weighted by atomic mass is 9.96. The average molecular weight is 338 g/mol. The minimum absolute atomic E-state index is 0.151. The third kappa shape index (κ3) is 4.60. The van der Waals surface area contributed by atoms with Crippen molar-refractivity contribution in [3.63, 3.8) is 0 Å². The van der Waals surface area contributed by atoms with E-state index in [-0.39, 0.29) is 11.7 Å². The number of phenolic OH excluding ortho intramolecular Hbond substituents is 1. The van der Waals surface area contributed by atoms with Crippen LogP contribution in [-0.4, -0.2) is 35.5 Å². The maximum absolute atomic E-state index is 12.4. The molecule has 4 heteroatoms. The fourth-order valence-corrected chi connectivity index (χ4v) is 3.50. The third-order valence-corrected chi connectivity index (χ3v) is 5.06. The number of piperidine rings is 1. The third-order valence-electron chi connectivity index (χ3n) is 5.06. The summed E-state index contributed by atoms with van der Waals surface area (Å²) in [6.45, 7) is 1.18. The molecular formula is C21H26N2O2. The molecule has 1 aliphatic rings. The minimum Gasteiger partial charge on any atom is -0.508 e. The monoisotopic (exact) mass is 338 g/mol. The predicted octanol–water partition coefficient (Wildman–Crippen LogP) is 4.06. The van der Waals surface area contributed by atoms with Crippen LogP contribution in [0.4, 0.5) is 5.69 Å². The molecule has 132 valence electrons. The first-order chi connectivity index (χ1) is 12.1. The highest BCUT2D eigenvalue weighted by molar-refractivity contribution is 6.04. The number of nitrogens with zero attached hydrogens (tertiary/aromatic N) is 1. The van der Waals surface area contributed by atoms with Crippen LogP contribution in [0.1, 0.15) is 41.6 Å². The van der Waals surface area contributed by atoms with Gasteiger partial charge in [0.1, 0.15) is 5.75 Å². The first kappa shape index (κ1) is 17.5. The van der Waals surface area contributed by atoms with Crippen LogP contribution in [0, 0.1) is 0 Å². The second-order valence-electron chi connectivity index (χ2n) is 6.83. The van der Waals surface area contributed by atoms with Gasteiger partial charge in [0.15, 0.2) is 0 Å². The lowest BCUT2D eigenvalue weighted by molar-refractivity contribution is 0.102. The van der Waals surface area contributed by atoms with Crippen molar-refractivity contribution >= 4 is 11.6 Å². The summed E-state index contributed by atoms with van der Waals surface area (Å²) in [5.41, 5.74) is 2.59. The van der Waals surface area contributed by atoms with Gasteiger partial charge in [-0.15, -0.1) is 0 Å². The maximum Gasteiger partial charge on any atom is 0.255 e. The van der Waals surface area contributed by atoms with Crippen LogP contribution < -0.4 is 5.32 Å². The van der Waals surface area contributed by atoms with Crippen molar-refractivity contribution in [2.75, 3.05) is 18.9 Å². The molecule has 0 radical (unpaired) electrons. The van der Waals surface area contributed by atoms with Crippen molar-refractivity contribution in [3.8, 4) is 5.75 Å². The molecule has 0 spiro atoms. The van der Waals surface area contributed by atoms with Crippen LogP contribution in [0.15, 0.2) is 48.5 Å². The smallest absolute Gasteiger partial charge is 0.255 e. The second kappa shape index (κ2) is 8.17. The van der Waals surface area contributed by atoms with Gasteiger partial charge in [0.05, 0.1) is 0 Å². The largest absolute Gasteiger partial charge is 0.508 e. The number of anilines is 1. The zero-order valence-electron chi connectivity index (χ0n) is 14.7. The van der Waals surface area contributed by atoms with Gasteiger partial charge >= 0.3 is 0 Å². The summed E-state index contributed by atoms with van der Waals surface area (Å²) in [4.78, 5) is 14.9. The topological polar surface area (TPSA) is 52.6 Å². The highest BCUT2D eigenvalue weighted by atomic mass is 16.3. The first-order valence-corrected chi connectivity index (χ1v) is 9.02. The minimum atomic E-state index is -0.151. The number of carbonyl (C=O) groups is 1. The summed E-state index contributed by atoms with van der Waals surface area (Å²) in [6.07, 6.45) is 5.95. The fourth-order valence-electron chi connectivity index (χ4n) is 3.50. The van der Waals surface area contributed by atoms with Gasteiger partial charge in [-0.25, -0.2) is 0 Å². The van der Waals surface area contributed by atoms with E-state index in [2.05, 4.69) is 23.3 Å². The number of rotatable bonds is 5. The van der Waals surface area contributed by atoms with Gasteiger partial charge in [0.25, 0.3) is 5.91 Å². The quantitative estimate of drug-likeness (QED) is 0.864. The van der Waals surface area contributed by atoms with Crippen molar-refractivity contribution in [1.29, 1.82) is 0 Å². The normalized spacial score (nSPS) is 18.0. The molecule has 3 rings (SSSR count). The number of benzene rings is 2. The van der Waals surface area contributed by atoms with Crippen LogP contribution in [0.2, 0.25) is 0 Å². The molecule has 1 heterocycles.